The van der Waals surface area contributed by atoms with Gasteiger partial charge in [0.15, 0.2) is 6.10 Å². The normalized spacial score (nSPS) is 11.9. The number of amides is 1. The summed E-state index contributed by atoms with van der Waals surface area (Å²) in [6.45, 7) is 1.71. The molecule has 23 heavy (non-hydrogen) atoms. The Morgan fingerprint density at radius 1 is 1.00 bits per heavy atom. The highest BCUT2D eigenvalue weighted by molar-refractivity contribution is 6.33. The topological polar surface area (TPSA) is 38.3 Å². The number of benzene rings is 3. The Kier molecular flexibility index (Phi) is 4.49. The average Bonchev–Trinajstić information content (AvgIpc) is 2.56. The van der Waals surface area contributed by atoms with Crippen molar-refractivity contribution in [1.82, 2.24) is 0 Å². The summed E-state index contributed by atoms with van der Waals surface area (Å²) >= 11 is 6.04. The molecule has 0 aliphatic carbocycles. The molecule has 0 heterocycles. The fourth-order valence-electron chi connectivity index (χ4n) is 2.30. The van der Waals surface area contributed by atoms with Crippen molar-refractivity contribution in [3.63, 3.8) is 0 Å². The number of nitrogens with one attached hydrogen (secondary N) is 1. The largest absolute Gasteiger partial charge is 0.481 e. The maximum absolute atomic E-state index is 12.2. The predicted molar refractivity (Wildman–Crippen MR) is 94.1 cm³/mol. The van der Waals surface area contributed by atoms with Gasteiger partial charge in [0.1, 0.15) is 5.75 Å². The molecule has 0 saturated heterocycles. The van der Waals surface area contributed by atoms with Crippen LogP contribution in [0, 0.1) is 0 Å². The Balaban J connectivity index is 1.71. The average molecular weight is 326 g/mol. The van der Waals surface area contributed by atoms with Gasteiger partial charge in [0.2, 0.25) is 0 Å². The lowest BCUT2D eigenvalue weighted by molar-refractivity contribution is -0.122. The molecule has 0 fully saturated rings. The Labute approximate surface area is 139 Å². The summed E-state index contributed by atoms with van der Waals surface area (Å²) in [6.07, 6.45) is -0.632. The maximum atomic E-state index is 12.2. The lowest BCUT2D eigenvalue weighted by Gasteiger charge is -2.15. The van der Waals surface area contributed by atoms with Crippen LogP contribution in [0.2, 0.25) is 5.02 Å². The molecule has 0 radical (unpaired) electrons. The Hall–Kier alpha value is -2.52. The molecule has 3 nitrogen and oxygen atoms in total. The van der Waals surface area contributed by atoms with Crippen molar-refractivity contribution in [2.45, 2.75) is 13.0 Å². The van der Waals surface area contributed by atoms with E-state index in [1.54, 1.807) is 19.1 Å². The highest BCUT2D eigenvalue weighted by Crippen LogP contribution is 2.23. The number of rotatable bonds is 4. The van der Waals surface area contributed by atoms with Crippen molar-refractivity contribution < 1.29 is 9.53 Å². The Morgan fingerprint density at radius 3 is 2.48 bits per heavy atom. The molecule has 116 valence electrons. The zero-order valence-electron chi connectivity index (χ0n) is 12.6. The van der Waals surface area contributed by atoms with E-state index in [4.69, 9.17) is 16.3 Å². The van der Waals surface area contributed by atoms with E-state index in [1.807, 2.05) is 54.6 Å². The highest BCUT2D eigenvalue weighted by Gasteiger charge is 2.16. The van der Waals surface area contributed by atoms with Gasteiger partial charge in [-0.25, -0.2) is 0 Å². The number of halogens is 1. The highest BCUT2D eigenvalue weighted by atomic mass is 35.5. The Bertz CT molecular complexity index is 847. The molecule has 4 heteroatoms. The molecule has 1 atom stereocenters. The van der Waals surface area contributed by atoms with Crippen molar-refractivity contribution >= 4 is 34.0 Å². The lowest BCUT2D eigenvalue weighted by Crippen LogP contribution is -2.30. The van der Waals surface area contributed by atoms with Crippen molar-refractivity contribution in [2.24, 2.45) is 0 Å². The van der Waals surface area contributed by atoms with Gasteiger partial charge < -0.3 is 10.1 Å². The van der Waals surface area contributed by atoms with Gasteiger partial charge in [-0.2, -0.15) is 0 Å². The van der Waals surface area contributed by atoms with Gasteiger partial charge in [-0.1, -0.05) is 54.1 Å². The molecule has 3 aromatic carbocycles. The van der Waals surface area contributed by atoms with Crippen molar-refractivity contribution in [2.75, 3.05) is 5.32 Å². The van der Waals surface area contributed by atoms with E-state index >= 15 is 0 Å². The van der Waals surface area contributed by atoms with Crippen molar-refractivity contribution in [1.29, 1.82) is 0 Å². The zero-order valence-corrected chi connectivity index (χ0v) is 13.4. The minimum absolute atomic E-state index is 0.244. The van der Waals surface area contributed by atoms with Crippen molar-refractivity contribution in [3.8, 4) is 5.75 Å². The van der Waals surface area contributed by atoms with Crippen LogP contribution in [0.4, 0.5) is 5.69 Å². The van der Waals surface area contributed by atoms with Crippen LogP contribution in [-0.4, -0.2) is 12.0 Å². The van der Waals surface area contributed by atoms with E-state index in [-0.39, 0.29) is 5.91 Å². The molecule has 0 aromatic heterocycles. The molecule has 0 aliphatic heterocycles. The van der Waals surface area contributed by atoms with Crippen LogP contribution in [0.15, 0.2) is 66.7 Å². The molecular weight excluding hydrogens is 310 g/mol. The van der Waals surface area contributed by atoms with E-state index in [2.05, 4.69) is 5.32 Å². The number of anilines is 1. The second kappa shape index (κ2) is 6.71. The van der Waals surface area contributed by atoms with E-state index in [0.717, 1.165) is 10.8 Å². The molecule has 0 spiro atoms. The first kappa shape index (κ1) is 15.4. The van der Waals surface area contributed by atoms with E-state index < -0.39 is 6.10 Å². The van der Waals surface area contributed by atoms with Crippen LogP contribution in [0.5, 0.6) is 5.75 Å². The molecule has 3 aromatic rings. The van der Waals surface area contributed by atoms with E-state index in [1.165, 1.54) is 0 Å². The molecular formula is C19H16ClNO2. The summed E-state index contributed by atoms with van der Waals surface area (Å²) in [4.78, 5) is 12.2. The van der Waals surface area contributed by atoms with Gasteiger partial charge in [-0.15, -0.1) is 0 Å². The van der Waals surface area contributed by atoms with Gasteiger partial charge in [-0.05, 0) is 42.0 Å². The third kappa shape index (κ3) is 3.63. The summed E-state index contributed by atoms with van der Waals surface area (Å²) in [7, 11) is 0. The summed E-state index contributed by atoms with van der Waals surface area (Å²) < 4.78 is 5.74. The van der Waals surface area contributed by atoms with E-state index in [9.17, 15) is 4.79 Å². The monoisotopic (exact) mass is 325 g/mol. The van der Waals surface area contributed by atoms with Gasteiger partial charge in [0.05, 0.1) is 10.7 Å². The number of ether oxygens (including phenoxy) is 1. The molecule has 0 aliphatic rings. The standard InChI is InChI=1S/C19H16ClNO2/c1-13(19(22)21-18-9-5-4-8-17(18)20)23-16-11-10-14-6-2-3-7-15(14)12-16/h2-13H,1H3,(H,21,22). The Morgan fingerprint density at radius 2 is 1.70 bits per heavy atom. The van der Waals surface area contributed by atoms with Crippen molar-refractivity contribution in [3.05, 3.63) is 71.8 Å². The number of hydrogen-bond acceptors (Lipinski definition) is 2. The van der Waals surface area contributed by atoms with Gasteiger partial charge in [0.25, 0.3) is 5.91 Å². The fourth-order valence-corrected chi connectivity index (χ4v) is 2.48. The minimum atomic E-state index is -0.632. The molecule has 3 rings (SSSR count). The molecule has 0 bridgehead atoms. The first-order chi connectivity index (χ1) is 11.1. The number of carbonyl (C=O) groups is 1. The fraction of sp³-hybridized carbons (Fsp3) is 0.105. The summed E-state index contributed by atoms with van der Waals surface area (Å²) in [6, 6.07) is 20.9. The lowest BCUT2D eigenvalue weighted by atomic mass is 10.1. The second-order valence-corrected chi connectivity index (χ2v) is 5.65. The first-order valence-electron chi connectivity index (χ1n) is 7.34. The second-order valence-electron chi connectivity index (χ2n) is 5.24. The minimum Gasteiger partial charge on any atom is -0.481 e. The zero-order chi connectivity index (χ0) is 16.2. The summed E-state index contributed by atoms with van der Waals surface area (Å²) in [5.74, 6) is 0.414. The van der Waals surface area contributed by atoms with Gasteiger partial charge in [0, 0.05) is 0 Å². The number of carbonyl (C=O) groups excluding carboxylic acids is 1. The van der Waals surface area contributed by atoms with Crippen LogP contribution in [0.3, 0.4) is 0 Å². The van der Waals surface area contributed by atoms with Crippen LogP contribution >= 0.6 is 11.6 Å². The van der Waals surface area contributed by atoms with E-state index in [0.29, 0.717) is 16.5 Å². The SMILES string of the molecule is CC(Oc1ccc2ccccc2c1)C(=O)Nc1ccccc1Cl. The summed E-state index contributed by atoms with van der Waals surface area (Å²) in [5, 5.41) is 5.48. The quantitative estimate of drug-likeness (QED) is 0.741. The summed E-state index contributed by atoms with van der Waals surface area (Å²) in [5.41, 5.74) is 0.577. The maximum Gasteiger partial charge on any atom is 0.265 e. The third-order valence-electron chi connectivity index (χ3n) is 3.53. The molecule has 1 N–H and O–H groups in total. The predicted octanol–water partition coefficient (Wildman–Crippen LogP) is 4.90. The van der Waals surface area contributed by atoms with Crippen LogP contribution < -0.4 is 10.1 Å². The van der Waals surface area contributed by atoms with Crippen LogP contribution in [0.25, 0.3) is 10.8 Å². The van der Waals surface area contributed by atoms with Crippen LogP contribution in [0.1, 0.15) is 6.92 Å². The third-order valence-corrected chi connectivity index (χ3v) is 3.86. The molecule has 0 saturated carbocycles. The first-order valence-corrected chi connectivity index (χ1v) is 7.72. The molecule has 1 unspecified atom stereocenters. The number of hydrogen-bond donors (Lipinski definition) is 1. The number of fused-ring (bicyclic) bond motifs is 1. The van der Waals surface area contributed by atoms with Crippen LogP contribution in [-0.2, 0) is 4.79 Å². The molecule has 1 amide bonds. The number of para-hydroxylation sites is 1. The smallest absolute Gasteiger partial charge is 0.265 e. The van der Waals surface area contributed by atoms with Gasteiger partial charge >= 0.3 is 0 Å². The van der Waals surface area contributed by atoms with Gasteiger partial charge in [-0.3, -0.25) is 4.79 Å².